The largest absolute Gasteiger partial charge is 0.395 e. The Balaban J connectivity index is 2.51. The van der Waals surface area contributed by atoms with Crippen molar-refractivity contribution in [1.29, 1.82) is 0 Å². The summed E-state index contributed by atoms with van der Waals surface area (Å²) in [7, 11) is 0. The summed E-state index contributed by atoms with van der Waals surface area (Å²) in [5, 5.41) is 10.8. The highest BCUT2D eigenvalue weighted by Gasteiger charge is 2.34. The van der Waals surface area contributed by atoms with Crippen LogP contribution in [0, 0.1) is 5.82 Å². The van der Waals surface area contributed by atoms with Gasteiger partial charge in [-0.25, -0.2) is 4.39 Å². The third-order valence-electron chi connectivity index (χ3n) is 3.72. The van der Waals surface area contributed by atoms with Gasteiger partial charge >= 0.3 is 0 Å². The van der Waals surface area contributed by atoms with E-state index in [1.165, 1.54) is 6.07 Å². The van der Waals surface area contributed by atoms with Crippen molar-refractivity contribution in [2.75, 3.05) is 13.2 Å². The highest BCUT2D eigenvalue weighted by Crippen LogP contribution is 2.34. The predicted molar refractivity (Wildman–Crippen MR) is 84.4 cm³/mol. The molecule has 2 aromatic rings. The average molecular weight is 328 g/mol. The molecule has 0 spiro atoms. The molecule has 0 saturated carbocycles. The number of hydrogen-bond donors (Lipinski definition) is 2. The van der Waals surface area contributed by atoms with Crippen molar-refractivity contribution in [2.45, 2.75) is 11.8 Å². The van der Waals surface area contributed by atoms with E-state index in [-0.39, 0.29) is 19.6 Å². The van der Waals surface area contributed by atoms with Crippen LogP contribution in [0.15, 0.2) is 42.5 Å². The quantitative estimate of drug-likeness (QED) is 0.881. The summed E-state index contributed by atoms with van der Waals surface area (Å²) in [4.78, 5) is 0. The van der Waals surface area contributed by atoms with Gasteiger partial charge in [0, 0.05) is 22.0 Å². The van der Waals surface area contributed by atoms with Crippen molar-refractivity contribution in [3.63, 3.8) is 0 Å². The second-order valence-corrected chi connectivity index (χ2v) is 5.81. The van der Waals surface area contributed by atoms with E-state index in [2.05, 4.69) is 0 Å². The van der Waals surface area contributed by atoms with E-state index < -0.39 is 11.2 Å². The van der Waals surface area contributed by atoms with Gasteiger partial charge < -0.3 is 10.8 Å². The van der Waals surface area contributed by atoms with Gasteiger partial charge in [-0.1, -0.05) is 47.5 Å². The first-order valence-electron chi connectivity index (χ1n) is 6.53. The number of aliphatic hydroxyl groups is 1. The van der Waals surface area contributed by atoms with Gasteiger partial charge in [0.2, 0.25) is 0 Å². The maximum absolute atomic E-state index is 14.1. The van der Waals surface area contributed by atoms with Gasteiger partial charge in [-0.2, -0.15) is 0 Å². The molecular weight excluding hydrogens is 312 g/mol. The van der Waals surface area contributed by atoms with Crippen molar-refractivity contribution in [2.24, 2.45) is 5.73 Å². The molecule has 0 aliphatic heterocycles. The molecular formula is C16H16Cl2FNO. The number of rotatable bonds is 5. The van der Waals surface area contributed by atoms with Crippen molar-refractivity contribution in [3.8, 4) is 0 Å². The van der Waals surface area contributed by atoms with Crippen molar-refractivity contribution >= 4 is 23.2 Å². The van der Waals surface area contributed by atoms with Crippen LogP contribution in [-0.4, -0.2) is 18.3 Å². The molecule has 1 unspecified atom stereocenters. The lowest BCUT2D eigenvalue weighted by molar-refractivity contribution is 0.192. The first-order chi connectivity index (χ1) is 10.0. The molecule has 0 aliphatic rings. The Morgan fingerprint density at radius 3 is 2.19 bits per heavy atom. The van der Waals surface area contributed by atoms with E-state index in [1.54, 1.807) is 36.4 Å². The van der Waals surface area contributed by atoms with Gasteiger partial charge in [-0.05, 0) is 35.7 Å². The fourth-order valence-corrected chi connectivity index (χ4v) is 2.94. The van der Waals surface area contributed by atoms with Gasteiger partial charge in [0.1, 0.15) is 5.82 Å². The monoisotopic (exact) mass is 327 g/mol. The number of nitrogens with two attached hydrogens (primary N) is 1. The van der Waals surface area contributed by atoms with E-state index in [0.29, 0.717) is 21.2 Å². The Hall–Kier alpha value is -1.13. The van der Waals surface area contributed by atoms with Gasteiger partial charge in [-0.15, -0.1) is 0 Å². The van der Waals surface area contributed by atoms with E-state index in [0.717, 1.165) is 0 Å². The van der Waals surface area contributed by atoms with Crippen LogP contribution in [0.2, 0.25) is 10.0 Å². The van der Waals surface area contributed by atoms with Crippen LogP contribution < -0.4 is 5.73 Å². The molecule has 0 fully saturated rings. The van der Waals surface area contributed by atoms with E-state index in [9.17, 15) is 9.50 Å². The minimum atomic E-state index is -0.958. The first kappa shape index (κ1) is 16.2. The SMILES string of the molecule is NCC(CO)(Cc1c(Cl)cccc1Cl)c1ccccc1F. The van der Waals surface area contributed by atoms with Crippen LogP contribution in [0.4, 0.5) is 4.39 Å². The molecule has 2 nitrogen and oxygen atoms in total. The molecule has 0 radical (unpaired) electrons. The van der Waals surface area contributed by atoms with E-state index in [1.807, 2.05) is 0 Å². The van der Waals surface area contributed by atoms with Gasteiger partial charge in [0.15, 0.2) is 0 Å². The summed E-state index contributed by atoms with van der Waals surface area (Å²) >= 11 is 12.4. The first-order valence-corrected chi connectivity index (χ1v) is 7.28. The third-order valence-corrected chi connectivity index (χ3v) is 4.42. The average Bonchev–Trinajstić information content (AvgIpc) is 2.49. The van der Waals surface area contributed by atoms with Crippen LogP contribution in [-0.2, 0) is 11.8 Å². The molecule has 5 heteroatoms. The number of benzene rings is 2. The molecule has 3 N–H and O–H groups in total. The molecule has 2 rings (SSSR count). The molecule has 0 aliphatic carbocycles. The second-order valence-electron chi connectivity index (χ2n) is 5.00. The third kappa shape index (κ3) is 3.22. The summed E-state index contributed by atoms with van der Waals surface area (Å²) in [5.74, 6) is -0.403. The summed E-state index contributed by atoms with van der Waals surface area (Å²) in [6, 6.07) is 11.4. The Morgan fingerprint density at radius 1 is 1.05 bits per heavy atom. The van der Waals surface area contributed by atoms with Gasteiger partial charge in [0.05, 0.1) is 6.61 Å². The normalized spacial score (nSPS) is 14.0. The molecule has 2 aromatic carbocycles. The van der Waals surface area contributed by atoms with E-state index in [4.69, 9.17) is 28.9 Å². The fourth-order valence-electron chi connectivity index (χ4n) is 2.41. The Morgan fingerprint density at radius 2 is 1.67 bits per heavy atom. The second kappa shape index (κ2) is 6.75. The zero-order valence-corrected chi connectivity index (χ0v) is 12.8. The highest BCUT2D eigenvalue weighted by atomic mass is 35.5. The topological polar surface area (TPSA) is 46.2 Å². The van der Waals surface area contributed by atoms with Crippen LogP contribution in [0.5, 0.6) is 0 Å². The van der Waals surface area contributed by atoms with Crippen LogP contribution >= 0.6 is 23.2 Å². The molecule has 0 amide bonds. The fraction of sp³-hybridized carbons (Fsp3) is 0.250. The molecule has 0 saturated heterocycles. The van der Waals surface area contributed by atoms with Crippen molar-refractivity contribution < 1.29 is 9.50 Å². The molecule has 112 valence electrons. The summed E-state index contributed by atoms with van der Waals surface area (Å²) in [6.07, 6.45) is 0.263. The Kier molecular flexibility index (Phi) is 5.22. The standard InChI is InChI=1S/C16H16Cl2FNO/c17-13-5-3-6-14(18)11(13)8-16(9-20,10-21)12-4-1-2-7-15(12)19/h1-7,21H,8-10,20H2. The molecule has 0 aromatic heterocycles. The molecule has 0 bridgehead atoms. The van der Waals surface area contributed by atoms with Crippen LogP contribution in [0.25, 0.3) is 0 Å². The molecule has 1 atom stereocenters. The maximum atomic E-state index is 14.1. The number of halogens is 3. The van der Waals surface area contributed by atoms with Crippen LogP contribution in [0.3, 0.4) is 0 Å². The lowest BCUT2D eigenvalue weighted by atomic mass is 9.76. The summed E-state index contributed by atoms with van der Waals surface area (Å²) < 4.78 is 14.1. The number of hydrogen-bond acceptors (Lipinski definition) is 2. The molecule has 0 heterocycles. The zero-order valence-electron chi connectivity index (χ0n) is 11.3. The Bertz CT molecular complexity index is 609. The lowest BCUT2D eigenvalue weighted by Gasteiger charge is -2.32. The van der Waals surface area contributed by atoms with E-state index >= 15 is 0 Å². The molecule has 21 heavy (non-hydrogen) atoms. The van der Waals surface area contributed by atoms with Gasteiger partial charge in [0.25, 0.3) is 0 Å². The maximum Gasteiger partial charge on any atom is 0.127 e. The highest BCUT2D eigenvalue weighted by molar-refractivity contribution is 6.36. The Labute approximate surface area is 133 Å². The van der Waals surface area contributed by atoms with Crippen LogP contribution in [0.1, 0.15) is 11.1 Å². The summed E-state index contributed by atoms with van der Waals surface area (Å²) in [5.41, 5.74) is 5.92. The smallest absolute Gasteiger partial charge is 0.127 e. The number of aliphatic hydroxyl groups excluding tert-OH is 1. The van der Waals surface area contributed by atoms with Crippen molar-refractivity contribution in [3.05, 3.63) is 69.5 Å². The minimum Gasteiger partial charge on any atom is -0.395 e. The summed E-state index contributed by atoms with van der Waals surface area (Å²) in [6.45, 7) is -0.224. The van der Waals surface area contributed by atoms with Crippen molar-refractivity contribution in [1.82, 2.24) is 0 Å². The predicted octanol–water partition coefficient (Wildman–Crippen LogP) is 3.56. The minimum absolute atomic E-state index is 0.0754. The lowest BCUT2D eigenvalue weighted by Crippen LogP contribution is -2.42. The van der Waals surface area contributed by atoms with Gasteiger partial charge in [-0.3, -0.25) is 0 Å². The zero-order chi connectivity index (χ0) is 15.5.